The van der Waals surface area contributed by atoms with E-state index in [1.807, 2.05) is 0 Å². The Morgan fingerprint density at radius 3 is 2.67 bits per heavy atom. The van der Waals surface area contributed by atoms with Gasteiger partial charge in [-0.05, 0) is 38.0 Å². The average Bonchev–Trinajstić information content (AvgIpc) is 3.20. The van der Waals surface area contributed by atoms with Crippen LogP contribution in [-0.4, -0.2) is 41.9 Å². The van der Waals surface area contributed by atoms with E-state index in [0.717, 1.165) is 0 Å². The normalized spacial score (nSPS) is 16.0. The summed E-state index contributed by atoms with van der Waals surface area (Å²) in [5.74, 6) is 0.0822. The molecule has 144 valence electrons. The minimum Gasteiger partial charge on any atom is -0.479 e. The summed E-state index contributed by atoms with van der Waals surface area (Å²) >= 11 is 12.0. The molecular formula is C19H20Cl2N2O4. The Hall–Kier alpha value is -2.18. The van der Waals surface area contributed by atoms with Gasteiger partial charge in [-0.15, -0.1) is 0 Å². The van der Waals surface area contributed by atoms with Crippen LogP contribution < -0.4 is 10.1 Å². The highest BCUT2D eigenvalue weighted by Crippen LogP contribution is 2.32. The molecule has 1 aliphatic rings. The molecule has 6 nitrogen and oxygen atoms in total. The number of halogens is 2. The van der Waals surface area contributed by atoms with Crippen molar-refractivity contribution in [1.82, 2.24) is 10.2 Å². The zero-order valence-electron chi connectivity index (χ0n) is 14.8. The monoisotopic (exact) mass is 410 g/mol. The third-order valence-corrected chi connectivity index (χ3v) is 5.29. The van der Waals surface area contributed by atoms with Crippen LogP contribution in [0.4, 0.5) is 0 Å². The van der Waals surface area contributed by atoms with E-state index in [9.17, 15) is 9.59 Å². The number of furan rings is 1. The Kier molecular flexibility index (Phi) is 6.29. The van der Waals surface area contributed by atoms with Crippen molar-refractivity contribution in [3.05, 3.63) is 52.4 Å². The van der Waals surface area contributed by atoms with Crippen LogP contribution in [0.3, 0.4) is 0 Å². The fourth-order valence-electron chi connectivity index (χ4n) is 2.93. The van der Waals surface area contributed by atoms with Crippen LogP contribution in [0.1, 0.15) is 30.1 Å². The third-order valence-electron chi connectivity index (χ3n) is 4.49. The van der Waals surface area contributed by atoms with Crippen LogP contribution in [0.25, 0.3) is 0 Å². The van der Waals surface area contributed by atoms with Crippen molar-refractivity contribution in [2.45, 2.75) is 31.9 Å². The number of carbonyl (C=O) groups is 2. The van der Waals surface area contributed by atoms with Gasteiger partial charge in [-0.1, -0.05) is 29.3 Å². The van der Waals surface area contributed by atoms with Crippen LogP contribution in [0.15, 0.2) is 41.2 Å². The first-order valence-electron chi connectivity index (χ1n) is 8.68. The predicted octanol–water partition coefficient (Wildman–Crippen LogP) is 3.77. The summed E-state index contributed by atoms with van der Waals surface area (Å²) in [4.78, 5) is 26.5. The molecule has 1 aromatic heterocycles. The molecule has 1 aliphatic heterocycles. The van der Waals surface area contributed by atoms with E-state index in [1.165, 1.54) is 12.5 Å². The molecule has 0 radical (unpaired) electrons. The highest BCUT2D eigenvalue weighted by molar-refractivity contribution is 6.42. The average molecular weight is 411 g/mol. The van der Waals surface area contributed by atoms with Crippen molar-refractivity contribution in [2.24, 2.45) is 0 Å². The maximum absolute atomic E-state index is 12.4. The Bertz CT molecular complexity index is 802. The quantitative estimate of drug-likeness (QED) is 0.813. The highest BCUT2D eigenvalue weighted by Gasteiger charge is 2.27. The lowest BCUT2D eigenvalue weighted by molar-refractivity contribution is -0.128. The van der Waals surface area contributed by atoms with Crippen LogP contribution in [0, 0.1) is 0 Å². The maximum atomic E-state index is 12.4. The van der Waals surface area contributed by atoms with E-state index in [4.69, 9.17) is 32.4 Å². The highest BCUT2D eigenvalue weighted by atomic mass is 35.5. The summed E-state index contributed by atoms with van der Waals surface area (Å²) in [7, 11) is 0. The minimum absolute atomic E-state index is 0.00761. The van der Waals surface area contributed by atoms with E-state index in [1.54, 1.807) is 36.1 Å². The smallest absolute Gasteiger partial charge is 0.260 e. The molecule has 0 unspecified atom stereocenters. The molecule has 2 amide bonds. The lowest BCUT2D eigenvalue weighted by atomic mass is 10.0. The van der Waals surface area contributed by atoms with Gasteiger partial charge in [0.15, 0.2) is 6.10 Å². The van der Waals surface area contributed by atoms with Gasteiger partial charge in [0.05, 0.1) is 16.8 Å². The molecule has 8 heteroatoms. The van der Waals surface area contributed by atoms with Gasteiger partial charge < -0.3 is 19.4 Å². The number of hydrogen-bond donors (Lipinski definition) is 1. The van der Waals surface area contributed by atoms with E-state index in [0.29, 0.717) is 42.3 Å². The lowest BCUT2D eigenvalue weighted by Crippen LogP contribution is -2.49. The van der Waals surface area contributed by atoms with Crippen molar-refractivity contribution >= 4 is 35.0 Å². The maximum Gasteiger partial charge on any atom is 0.260 e. The first-order chi connectivity index (χ1) is 13.0. The number of carbonyl (C=O) groups excluding carboxylic acids is 2. The summed E-state index contributed by atoms with van der Waals surface area (Å²) in [6.07, 6.45) is 3.57. The van der Waals surface area contributed by atoms with Gasteiger partial charge >= 0.3 is 0 Å². The molecule has 0 saturated carbocycles. The standard InChI is InChI=1S/C19H20Cl2N2O4/c1-12(27-16-4-2-3-15(20)17(16)21)18(24)22-14-5-8-23(9-6-14)19(25)13-7-10-26-11-13/h2-4,7,10-12,14H,5-6,8-9H2,1H3,(H,22,24)/t12-/m1/s1. The molecule has 0 aliphatic carbocycles. The van der Waals surface area contributed by atoms with E-state index < -0.39 is 6.10 Å². The SMILES string of the molecule is C[C@@H](Oc1cccc(Cl)c1Cl)C(=O)NC1CCN(C(=O)c2ccoc2)CC1. The number of nitrogens with one attached hydrogen (secondary N) is 1. The van der Waals surface area contributed by atoms with Crippen LogP contribution in [0.5, 0.6) is 5.75 Å². The molecule has 2 heterocycles. The van der Waals surface area contributed by atoms with Gasteiger partial charge in [-0.2, -0.15) is 0 Å². The Balaban J connectivity index is 1.49. The zero-order valence-corrected chi connectivity index (χ0v) is 16.3. The Morgan fingerprint density at radius 2 is 2.00 bits per heavy atom. The summed E-state index contributed by atoms with van der Waals surface area (Å²) < 4.78 is 10.6. The number of amides is 2. The molecule has 1 saturated heterocycles. The largest absolute Gasteiger partial charge is 0.479 e. The minimum atomic E-state index is -0.716. The van der Waals surface area contributed by atoms with Gasteiger partial charge in [0.25, 0.3) is 11.8 Å². The predicted molar refractivity (Wildman–Crippen MR) is 102 cm³/mol. The summed E-state index contributed by atoms with van der Waals surface area (Å²) in [5, 5.41) is 3.62. The second-order valence-corrected chi connectivity index (χ2v) is 7.18. The number of nitrogens with zero attached hydrogens (tertiary/aromatic N) is 1. The Labute approximate surface area is 167 Å². The van der Waals surface area contributed by atoms with Crippen molar-refractivity contribution in [2.75, 3.05) is 13.1 Å². The molecule has 1 atom stereocenters. The van der Waals surface area contributed by atoms with E-state index >= 15 is 0 Å². The van der Waals surface area contributed by atoms with Gasteiger partial charge in [-0.3, -0.25) is 9.59 Å². The summed E-state index contributed by atoms with van der Waals surface area (Å²) in [6, 6.07) is 6.67. The molecule has 1 aromatic carbocycles. The second kappa shape index (κ2) is 8.67. The van der Waals surface area contributed by atoms with E-state index in [2.05, 4.69) is 5.32 Å². The first kappa shape index (κ1) is 19.6. The Morgan fingerprint density at radius 1 is 1.26 bits per heavy atom. The molecule has 1 fully saturated rings. The first-order valence-corrected chi connectivity index (χ1v) is 9.44. The van der Waals surface area contributed by atoms with Gasteiger partial charge in [-0.25, -0.2) is 0 Å². The molecule has 0 bridgehead atoms. The number of benzene rings is 1. The molecule has 3 rings (SSSR count). The van der Waals surface area contributed by atoms with Gasteiger partial charge in [0, 0.05) is 19.1 Å². The topological polar surface area (TPSA) is 71.8 Å². The lowest BCUT2D eigenvalue weighted by Gasteiger charge is -2.32. The van der Waals surface area contributed by atoms with Crippen LogP contribution in [0.2, 0.25) is 10.0 Å². The van der Waals surface area contributed by atoms with Crippen molar-refractivity contribution < 1.29 is 18.7 Å². The number of rotatable bonds is 5. The summed E-state index contributed by atoms with van der Waals surface area (Å²) in [5.41, 5.74) is 0.540. The molecule has 27 heavy (non-hydrogen) atoms. The molecule has 1 N–H and O–H groups in total. The van der Waals surface area contributed by atoms with Gasteiger partial charge in [0.1, 0.15) is 17.0 Å². The number of hydrogen-bond acceptors (Lipinski definition) is 4. The van der Waals surface area contributed by atoms with Crippen molar-refractivity contribution in [3.63, 3.8) is 0 Å². The number of piperidine rings is 1. The fourth-order valence-corrected chi connectivity index (χ4v) is 3.27. The number of ether oxygens (including phenoxy) is 1. The number of likely N-dealkylation sites (tertiary alicyclic amines) is 1. The van der Waals surface area contributed by atoms with Crippen molar-refractivity contribution in [1.29, 1.82) is 0 Å². The van der Waals surface area contributed by atoms with Crippen LogP contribution in [-0.2, 0) is 4.79 Å². The fraction of sp³-hybridized carbons (Fsp3) is 0.368. The summed E-state index contributed by atoms with van der Waals surface area (Å²) in [6.45, 7) is 2.80. The third kappa shape index (κ3) is 4.76. The zero-order chi connectivity index (χ0) is 19.4. The molecule has 0 spiro atoms. The van der Waals surface area contributed by atoms with Crippen molar-refractivity contribution in [3.8, 4) is 5.75 Å². The van der Waals surface area contributed by atoms with E-state index in [-0.39, 0.29) is 22.9 Å². The van der Waals surface area contributed by atoms with Gasteiger partial charge in [0.2, 0.25) is 0 Å². The molecule has 2 aromatic rings. The molecular weight excluding hydrogens is 391 g/mol. The van der Waals surface area contributed by atoms with Crippen LogP contribution >= 0.6 is 23.2 Å². The second-order valence-electron chi connectivity index (χ2n) is 6.40.